The molecule has 0 saturated carbocycles. The van der Waals surface area contributed by atoms with Crippen molar-refractivity contribution < 1.29 is 4.79 Å². The molecule has 0 spiro atoms. The maximum absolute atomic E-state index is 12.5. The number of hydrogen-bond donors (Lipinski definition) is 2. The summed E-state index contributed by atoms with van der Waals surface area (Å²) < 4.78 is 3.18. The number of anilines is 1. The second-order valence-electron chi connectivity index (χ2n) is 7.51. The van der Waals surface area contributed by atoms with Crippen LogP contribution in [-0.2, 0) is 18.4 Å². The Morgan fingerprint density at radius 3 is 2.55 bits per heavy atom. The lowest BCUT2D eigenvalue weighted by atomic mass is 10.1. The number of rotatable bonds is 11. The first kappa shape index (κ1) is 22.9. The van der Waals surface area contributed by atoms with E-state index < -0.39 is 11.2 Å². The third kappa shape index (κ3) is 5.88. The number of benzene rings is 1. The van der Waals surface area contributed by atoms with E-state index >= 15 is 0 Å². The molecule has 166 valence electrons. The van der Waals surface area contributed by atoms with Gasteiger partial charge in [-0.1, -0.05) is 69.0 Å². The van der Waals surface area contributed by atoms with E-state index in [9.17, 15) is 14.4 Å². The van der Waals surface area contributed by atoms with Crippen LogP contribution in [-0.4, -0.2) is 30.8 Å². The second-order valence-corrected chi connectivity index (χ2v) is 8.45. The van der Waals surface area contributed by atoms with Gasteiger partial charge in [-0.2, -0.15) is 0 Å². The number of hydrogen-bond acceptors (Lipinski definition) is 5. The Morgan fingerprint density at radius 1 is 1.10 bits per heavy atom. The summed E-state index contributed by atoms with van der Waals surface area (Å²) in [7, 11) is 1.58. The van der Waals surface area contributed by atoms with E-state index in [-0.39, 0.29) is 11.7 Å². The summed E-state index contributed by atoms with van der Waals surface area (Å²) in [6.45, 7) is 2.80. The molecule has 8 nitrogen and oxygen atoms in total. The minimum absolute atomic E-state index is 0.153. The lowest BCUT2D eigenvalue weighted by Crippen LogP contribution is -2.29. The normalized spacial score (nSPS) is 11.2. The van der Waals surface area contributed by atoms with Gasteiger partial charge in [-0.15, -0.1) is 0 Å². The predicted octanol–water partition coefficient (Wildman–Crippen LogP) is 3.51. The molecule has 9 heteroatoms. The molecule has 3 aromatic rings. The van der Waals surface area contributed by atoms with Crippen molar-refractivity contribution in [1.82, 2.24) is 19.1 Å². The monoisotopic (exact) mass is 443 g/mol. The first-order valence-electron chi connectivity index (χ1n) is 10.7. The fourth-order valence-electron chi connectivity index (χ4n) is 3.43. The molecule has 0 fully saturated rings. The number of amides is 1. The van der Waals surface area contributed by atoms with Crippen molar-refractivity contribution >= 4 is 34.5 Å². The number of unbranched alkanes of at least 4 members (excludes halogenated alkanes) is 5. The van der Waals surface area contributed by atoms with E-state index in [1.807, 2.05) is 34.9 Å². The Hall–Kier alpha value is -2.81. The van der Waals surface area contributed by atoms with Gasteiger partial charge < -0.3 is 9.88 Å². The molecule has 0 radical (unpaired) electrons. The number of aromatic nitrogens is 4. The molecular formula is C22H29N5O3S. The molecule has 0 aliphatic heterocycles. The minimum atomic E-state index is -0.500. The van der Waals surface area contributed by atoms with Crippen molar-refractivity contribution in [1.29, 1.82) is 0 Å². The highest BCUT2D eigenvalue weighted by molar-refractivity contribution is 7.99. The van der Waals surface area contributed by atoms with E-state index in [1.54, 1.807) is 7.05 Å². The van der Waals surface area contributed by atoms with Gasteiger partial charge in [0, 0.05) is 19.3 Å². The molecule has 2 heterocycles. The number of carbonyl (C=O) groups is 1. The lowest BCUT2D eigenvalue weighted by Gasteiger charge is -2.09. The number of aryl methyl sites for hydroxylation is 2. The van der Waals surface area contributed by atoms with Crippen molar-refractivity contribution in [3.05, 3.63) is 51.2 Å². The number of aromatic amines is 1. The smallest absolute Gasteiger partial charge is 0.325 e. The number of H-pyrrole nitrogens is 1. The molecule has 1 amide bonds. The Labute approximate surface area is 185 Å². The number of nitrogens with zero attached hydrogens (tertiary/aromatic N) is 3. The van der Waals surface area contributed by atoms with Crippen LogP contribution in [0, 0.1) is 0 Å². The molecule has 0 atom stereocenters. The first-order chi connectivity index (χ1) is 15.0. The summed E-state index contributed by atoms with van der Waals surface area (Å²) in [6.07, 6.45) is 6.74. The molecule has 2 aromatic heterocycles. The molecule has 0 bridgehead atoms. The van der Waals surface area contributed by atoms with Gasteiger partial charge >= 0.3 is 5.69 Å². The van der Waals surface area contributed by atoms with E-state index in [1.165, 1.54) is 35.6 Å². The number of thioether (sulfide) groups is 1. The SMILES string of the molecule is CCCCCCCCn1c(SCC(=O)Nc2ccccc2)nc2c1c(=O)[nH]c(=O)n2C. The first-order valence-corrected chi connectivity index (χ1v) is 11.7. The third-order valence-corrected chi connectivity index (χ3v) is 6.07. The highest BCUT2D eigenvalue weighted by atomic mass is 32.2. The van der Waals surface area contributed by atoms with E-state index in [0.717, 1.165) is 24.9 Å². The maximum atomic E-state index is 12.5. The molecule has 0 unspecified atom stereocenters. The predicted molar refractivity (Wildman–Crippen MR) is 125 cm³/mol. The van der Waals surface area contributed by atoms with Crippen LogP contribution < -0.4 is 16.6 Å². The highest BCUT2D eigenvalue weighted by Gasteiger charge is 2.18. The van der Waals surface area contributed by atoms with Crippen LogP contribution in [0.1, 0.15) is 45.4 Å². The highest BCUT2D eigenvalue weighted by Crippen LogP contribution is 2.23. The van der Waals surface area contributed by atoms with Gasteiger partial charge in [-0.25, -0.2) is 9.78 Å². The van der Waals surface area contributed by atoms with Gasteiger partial charge in [0.25, 0.3) is 5.56 Å². The summed E-state index contributed by atoms with van der Waals surface area (Å²) in [5, 5.41) is 3.42. The number of fused-ring (bicyclic) bond motifs is 1. The maximum Gasteiger partial charge on any atom is 0.329 e. The standard InChI is InChI=1S/C22H29N5O3S/c1-3-4-5-6-7-11-14-27-18-19(26(2)21(30)25-20(18)29)24-22(27)31-15-17(28)23-16-12-9-8-10-13-16/h8-10,12-13H,3-7,11,14-15H2,1-2H3,(H,23,28)(H,25,29,30). The fraction of sp³-hybridized carbons (Fsp3) is 0.455. The average molecular weight is 444 g/mol. The van der Waals surface area contributed by atoms with Crippen molar-refractivity contribution in [2.45, 2.75) is 57.1 Å². The number of imidazole rings is 1. The molecule has 0 aliphatic rings. The average Bonchev–Trinajstić information content (AvgIpc) is 3.13. The zero-order valence-corrected chi connectivity index (χ0v) is 18.8. The van der Waals surface area contributed by atoms with Crippen molar-refractivity contribution in [3.8, 4) is 0 Å². The molecule has 1 aromatic carbocycles. The summed E-state index contributed by atoms with van der Waals surface area (Å²) in [5.74, 6) is -0.00206. The largest absolute Gasteiger partial charge is 0.329 e. The molecule has 0 aliphatic carbocycles. The van der Waals surface area contributed by atoms with Crippen molar-refractivity contribution in [3.63, 3.8) is 0 Å². The Bertz CT molecular complexity index is 1130. The van der Waals surface area contributed by atoms with Crippen LogP contribution in [0.2, 0.25) is 0 Å². The summed E-state index contributed by atoms with van der Waals surface area (Å²) in [5.41, 5.74) is 0.497. The third-order valence-electron chi connectivity index (χ3n) is 5.10. The van der Waals surface area contributed by atoms with Crippen LogP contribution in [0.25, 0.3) is 11.2 Å². The van der Waals surface area contributed by atoms with Gasteiger partial charge in [0.15, 0.2) is 16.3 Å². The van der Waals surface area contributed by atoms with Gasteiger partial charge in [-0.3, -0.25) is 19.1 Å². The molecule has 2 N–H and O–H groups in total. The number of carbonyl (C=O) groups excluding carboxylic acids is 1. The fourth-order valence-corrected chi connectivity index (χ4v) is 4.25. The van der Waals surface area contributed by atoms with E-state index in [0.29, 0.717) is 22.9 Å². The van der Waals surface area contributed by atoms with Crippen LogP contribution >= 0.6 is 11.8 Å². The molecular weight excluding hydrogens is 414 g/mol. The van der Waals surface area contributed by atoms with Gasteiger partial charge in [0.05, 0.1) is 5.75 Å². The summed E-state index contributed by atoms with van der Waals surface area (Å²) >= 11 is 1.27. The van der Waals surface area contributed by atoms with Crippen LogP contribution in [0.3, 0.4) is 0 Å². The van der Waals surface area contributed by atoms with Gasteiger partial charge in [0.2, 0.25) is 5.91 Å². The van der Waals surface area contributed by atoms with Gasteiger partial charge in [-0.05, 0) is 18.6 Å². The Kier molecular flexibility index (Phi) is 8.11. The Balaban J connectivity index is 1.77. The van der Waals surface area contributed by atoms with E-state index in [2.05, 4.69) is 22.2 Å². The van der Waals surface area contributed by atoms with Crippen molar-refractivity contribution in [2.75, 3.05) is 11.1 Å². The molecule has 31 heavy (non-hydrogen) atoms. The zero-order chi connectivity index (χ0) is 22.2. The summed E-state index contributed by atoms with van der Waals surface area (Å²) in [6, 6.07) is 9.25. The zero-order valence-electron chi connectivity index (χ0n) is 18.0. The topological polar surface area (TPSA) is 102 Å². The van der Waals surface area contributed by atoms with Crippen LogP contribution in [0.15, 0.2) is 45.1 Å². The molecule has 0 saturated heterocycles. The van der Waals surface area contributed by atoms with Crippen LogP contribution in [0.5, 0.6) is 0 Å². The van der Waals surface area contributed by atoms with E-state index in [4.69, 9.17) is 0 Å². The summed E-state index contributed by atoms with van der Waals surface area (Å²) in [4.78, 5) is 43.8. The molecule has 3 rings (SSSR count). The second kappa shape index (κ2) is 11.0. The number of nitrogens with one attached hydrogen (secondary N) is 2. The lowest BCUT2D eigenvalue weighted by molar-refractivity contribution is -0.113. The number of para-hydroxylation sites is 1. The van der Waals surface area contributed by atoms with Gasteiger partial charge in [0.1, 0.15) is 0 Å². The minimum Gasteiger partial charge on any atom is -0.325 e. The quantitative estimate of drug-likeness (QED) is 0.349. The van der Waals surface area contributed by atoms with Crippen molar-refractivity contribution in [2.24, 2.45) is 7.05 Å². The van der Waals surface area contributed by atoms with Crippen LogP contribution in [0.4, 0.5) is 5.69 Å². The Morgan fingerprint density at radius 2 is 1.81 bits per heavy atom.